The fourth-order valence-corrected chi connectivity index (χ4v) is 4.11. The third-order valence-corrected chi connectivity index (χ3v) is 5.98. The van der Waals surface area contributed by atoms with Crippen molar-refractivity contribution < 1.29 is 9.59 Å². The number of imide groups is 1. The first kappa shape index (κ1) is 19.6. The Morgan fingerprint density at radius 1 is 1.14 bits per heavy atom. The number of thioether (sulfide) groups is 1. The third kappa shape index (κ3) is 4.49. The highest BCUT2D eigenvalue weighted by Crippen LogP contribution is 2.29. The summed E-state index contributed by atoms with van der Waals surface area (Å²) in [6.07, 6.45) is 6.43. The van der Waals surface area contributed by atoms with Gasteiger partial charge in [0.2, 0.25) is 0 Å². The van der Waals surface area contributed by atoms with Crippen LogP contribution in [0.15, 0.2) is 35.5 Å². The Labute approximate surface area is 174 Å². The molecular weight excluding hydrogens is 386 g/mol. The molecule has 2 aromatic rings. The summed E-state index contributed by atoms with van der Waals surface area (Å²) in [5.74, 6) is 0.535. The highest BCUT2D eigenvalue weighted by Gasteiger charge is 2.25. The molecule has 4 rings (SSSR count). The first-order valence-electron chi connectivity index (χ1n) is 9.61. The summed E-state index contributed by atoms with van der Waals surface area (Å²) in [6.45, 7) is 5.97. The summed E-state index contributed by atoms with van der Waals surface area (Å²) in [5.41, 5.74) is 3.63. The lowest BCUT2D eigenvalue weighted by Crippen LogP contribution is -2.29. The van der Waals surface area contributed by atoms with E-state index in [0.29, 0.717) is 4.91 Å². The van der Waals surface area contributed by atoms with Gasteiger partial charge in [0.15, 0.2) is 0 Å². The van der Waals surface area contributed by atoms with Gasteiger partial charge in [-0.1, -0.05) is 12.1 Å². The van der Waals surface area contributed by atoms with Crippen molar-refractivity contribution in [2.45, 2.75) is 13.3 Å². The molecule has 3 heterocycles. The molecule has 1 aromatic heterocycles. The number of aryl methyl sites for hydroxylation is 1. The van der Waals surface area contributed by atoms with Gasteiger partial charge in [0.05, 0.1) is 23.0 Å². The van der Waals surface area contributed by atoms with Crippen LogP contribution >= 0.6 is 11.8 Å². The largest absolute Gasteiger partial charge is 0.354 e. The van der Waals surface area contributed by atoms with Gasteiger partial charge in [0, 0.05) is 25.2 Å². The van der Waals surface area contributed by atoms with E-state index in [0.717, 1.165) is 72.6 Å². The zero-order valence-corrected chi connectivity index (χ0v) is 17.3. The number of carbonyl (C=O) groups excluding carboxylic acids is 2. The standard InChI is InChI=1S/C21H23N5O2S/c1-14-4-5-15(10-16(14)11-18-20(27)24-21(28)29-18)17-12-22-13-19(23-17)26-7-3-6-25(2)8-9-26/h4-5,10-13H,3,6-9H2,1-2H3,(H,24,27,28). The number of nitrogens with one attached hydrogen (secondary N) is 1. The van der Waals surface area contributed by atoms with E-state index in [2.05, 4.69) is 27.1 Å². The second-order valence-electron chi connectivity index (χ2n) is 7.33. The Kier molecular flexibility index (Phi) is 5.64. The van der Waals surface area contributed by atoms with Gasteiger partial charge >= 0.3 is 0 Å². The fraction of sp³-hybridized carbons (Fsp3) is 0.333. The van der Waals surface area contributed by atoms with Crippen molar-refractivity contribution in [2.24, 2.45) is 0 Å². The number of likely N-dealkylation sites (N-methyl/N-ethyl adjacent to an activating group) is 1. The van der Waals surface area contributed by atoms with Crippen LogP contribution in [0.3, 0.4) is 0 Å². The lowest BCUT2D eigenvalue weighted by molar-refractivity contribution is -0.115. The predicted octanol–water partition coefficient (Wildman–Crippen LogP) is 2.92. The molecule has 8 heteroatoms. The van der Waals surface area contributed by atoms with Crippen LogP contribution in [-0.2, 0) is 4.79 Å². The van der Waals surface area contributed by atoms with Gasteiger partial charge in [-0.05, 0) is 62.0 Å². The van der Waals surface area contributed by atoms with Crippen LogP contribution in [0.25, 0.3) is 17.3 Å². The summed E-state index contributed by atoms with van der Waals surface area (Å²) in [7, 11) is 2.14. The maximum atomic E-state index is 11.9. The first-order valence-corrected chi connectivity index (χ1v) is 10.4. The smallest absolute Gasteiger partial charge is 0.290 e. The number of carbonyl (C=O) groups is 2. The Morgan fingerprint density at radius 3 is 2.79 bits per heavy atom. The molecule has 0 bridgehead atoms. The average molecular weight is 410 g/mol. The van der Waals surface area contributed by atoms with Gasteiger partial charge < -0.3 is 9.80 Å². The summed E-state index contributed by atoms with van der Waals surface area (Å²) in [5, 5.41) is 1.95. The zero-order valence-electron chi connectivity index (χ0n) is 16.5. The fourth-order valence-electron chi connectivity index (χ4n) is 3.44. The minimum atomic E-state index is -0.349. The topological polar surface area (TPSA) is 78.4 Å². The number of rotatable bonds is 3. The minimum absolute atomic E-state index is 0.336. The maximum absolute atomic E-state index is 11.9. The molecule has 0 saturated carbocycles. The third-order valence-electron chi connectivity index (χ3n) is 5.17. The van der Waals surface area contributed by atoms with Gasteiger partial charge in [-0.2, -0.15) is 0 Å². The molecule has 2 aliphatic heterocycles. The van der Waals surface area contributed by atoms with E-state index in [9.17, 15) is 9.59 Å². The van der Waals surface area contributed by atoms with Crippen molar-refractivity contribution in [2.75, 3.05) is 38.1 Å². The van der Waals surface area contributed by atoms with E-state index in [-0.39, 0.29) is 11.1 Å². The molecule has 0 aliphatic carbocycles. The molecule has 7 nitrogen and oxygen atoms in total. The number of aromatic nitrogens is 2. The number of hydrogen-bond acceptors (Lipinski definition) is 7. The Balaban J connectivity index is 1.63. The summed E-state index contributed by atoms with van der Waals surface area (Å²) < 4.78 is 0. The van der Waals surface area contributed by atoms with Crippen LogP contribution in [-0.4, -0.2) is 59.2 Å². The summed E-state index contributed by atoms with van der Waals surface area (Å²) in [4.78, 5) is 37.6. The van der Waals surface area contributed by atoms with E-state index in [4.69, 9.17) is 4.98 Å². The van der Waals surface area contributed by atoms with E-state index >= 15 is 0 Å². The zero-order chi connectivity index (χ0) is 20.4. The van der Waals surface area contributed by atoms with Gasteiger partial charge in [-0.25, -0.2) is 4.98 Å². The van der Waals surface area contributed by atoms with E-state index < -0.39 is 0 Å². The van der Waals surface area contributed by atoms with Crippen molar-refractivity contribution in [3.05, 3.63) is 46.6 Å². The molecule has 0 radical (unpaired) electrons. The second-order valence-corrected chi connectivity index (χ2v) is 8.34. The Bertz CT molecular complexity index is 991. The number of anilines is 1. The molecule has 2 amide bonds. The van der Waals surface area contributed by atoms with E-state index in [1.807, 2.05) is 31.3 Å². The molecule has 0 spiro atoms. The lowest BCUT2D eigenvalue weighted by Gasteiger charge is -2.21. The number of hydrogen-bond donors (Lipinski definition) is 1. The second kappa shape index (κ2) is 8.34. The normalized spacial score (nSPS) is 19.5. The van der Waals surface area contributed by atoms with Crippen LogP contribution in [0, 0.1) is 6.92 Å². The van der Waals surface area contributed by atoms with Gasteiger partial charge in [0.1, 0.15) is 5.82 Å². The van der Waals surface area contributed by atoms with Crippen molar-refractivity contribution in [3.8, 4) is 11.3 Å². The average Bonchev–Trinajstić information content (AvgIpc) is 2.89. The van der Waals surface area contributed by atoms with Crippen LogP contribution in [0.1, 0.15) is 17.5 Å². The van der Waals surface area contributed by atoms with Crippen molar-refractivity contribution in [1.82, 2.24) is 20.2 Å². The van der Waals surface area contributed by atoms with Crippen LogP contribution in [0.2, 0.25) is 0 Å². The molecule has 1 aromatic carbocycles. The molecule has 2 fully saturated rings. The van der Waals surface area contributed by atoms with E-state index in [1.165, 1.54) is 0 Å². The molecule has 0 atom stereocenters. The number of nitrogens with zero attached hydrogens (tertiary/aromatic N) is 4. The van der Waals surface area contributed by atoms with Gasteiger partial charge in [-0.15, -0.1) is 0 Å². The van der Waals surface area contributed by atoms with Crippen LogP contribution in [0.5, 0.6) is 0 Å². The van der Waals surface area contributed by atoms with Crippen LogP contribution < -0.4 is 10.2 Å². The maximum Gasteiger partial charge on any atom is 0.290 e. The van der Waals surface area contributed by atoms with Gasteiger partial charge in [0.25, 0.3) is 11.1 Å². The van der Waals surface area contributed by atoms with E-state index in [1.54, 1.807) is 12.3 Å². The SMILES string of the molecule is Cc1ccc(-c2cncc(N3CCCN(C)CC3)n2)cc1C=C1SC(=O)NC1=O. The highest BCUT2D eigenvalue weighted by molar-refractivity contribution is 8.18. The minimum Gasteiger partial charge on any atom is -0.354 e. The molecule has 0 unspecified atom stereocenters. The summed E-state index contributed by atoms with van der Waals surface area (Å²) in [6, 6.07) is 5.99. The lowest BCUT2D eigenvalue weighted by atomic mass is 10.0. The van der Waals surface area contributed by atoms with Crippen molar-refractivity contribution in [3.63, 3.8) is 0 Å². The highest BCUT2D eigenvalue weighted by atomic mass is 32.2. The number of amides is 2. The number of benzene rings is 1. The van der Waals surface area contributed by atoms with Gasteiger partial charge in [-0.3, -0.25) is 19.9 Å². The molecule has 2 aliphatic rings. The Hall–Kier alpha value is -2.71. The summed E-state index contributed by atoms with van der Waals surface area (Å²) >= 11 is 0.925. The van der Waals surface area contributed by atoms with Crippen molar-refractivity contribution >= 4 is 34.8 Å². The monoisotopic (exact) mass is 409 g/mol. The molecule has 2 saturated heterocycles. The quantitative estimate of drug-likeness (QED) is 0.781. The van der Waals surface area contributed by atoms with Crippen LogP contribution in [0.4, 0.5) is 10.6 Å². The predicted molar refractivity (Wildman–Crippen MR) is 116 cm³/mol. The molecule has 1 N–H and O–H groups in total. The Morgan fingerprint density at radius 2 is 2.00 bits per heavy atom. The van der Waals surface area contributed by atoms with Crippen molar-refractivity contribution in [1.29, 1.82) is 0 Å². The molecule has 29 heavy (non-hydrogen) atoms. The first-order chi connectivity index (χ1) is 14.0. The molecular formula is C21H23N5O2S. The molecule has 150 valence electrons.